The summed E-state index contributed by atoms with van der Waals surface area (Å²) in [5.41, 5.74) is 2.64. The van der Waals surface area contributed by atoms with Crippen LogP contribution in [0.25, 0.3) is 0 Å². The van der Waals surface area contributed by atoms with E-state index >= 15 is 0 Å². The molecule has 0 saturated heterocycles. The van der Waals surface area contributed by atoms with E-state index in [9.17, 15) is 0 Å². The summed E-state index contributed by atoms with van der Waals surface area (Å²) in [6.07, 6.45) is 1.75. The van der Waals surface area contributed by atoms with E-state index in [1.165, 1.54) is 0 Å². The van der Waals surface area contributed by atoms with Crippen molar-refractivity contribution in [3.63, 3.8) is 0 Å². The summed E-state index contributed by atoms with van der Waals surface area (Å²) in [4.78, 5) is 8.82. The summed E-state index contributed by atoms with van der Waals surface area (Å²) in [5, 5.41) is 3.38. The first-order chi connectivity index (χ1) is 9.05. The molecule has 0 fully saturated rings. The second-order valence-corrected chi connectivity index (χ2v) is 5.15. The highest BCUT2D eigenvalue weighted by Gasteiger charge is 2.25. The van der Waals surface area contributed by atoms with Crippen molar-refractivity contribution >= 4 is 17.4 Å². The van der Waals surface area contributed by atoms with E-state index in [1.807, 2.05) is 32.0 Å². The monoisotopic (exact) mass is 275 g/mol. The molecule has 3 nitrogen and oxygen atoms in total. The Morgan fingerprint density at radius 3 is 2.42 bits per heavy atom. The van der Waals surface area contributed by atoms with Gasteiger partial charge in [-0.05, 0) is 26.3 Å². The fraction of sp³-hybridized carbons (Fsp3) is 0.333. The maximum atomic E-state index is 6.15. The Labute approximate surface area is 119 Å². The van der Waals surface area contributed by atoms with Crippen LogP contribution in [-0.4, -0.2) is 15.8 Å². The maximum absolute atomic E-state index is 6.15. The van der Waals surface area contributed by atoms with E-state index in [0.29, 0.717) is 5.88 Å². The second-order valence-electron chi connectivity index (χ2n) is 4.88. The summed E-state index contributed by atoms with van der Waals surface area (Å²) in [5.74, 6) is 1.20. The van der Waals surface area contributed by atoms with Crippen LogP contribution in [0.15, 0.2) is 36.5 Å². The van der Waals surface area contributed by atoms with Crippen molar-refractivity contribution < 1.29 is 0 Å². The predicted octanol–water partition coefficient (Wildman–Crippen LogP) is 3.66. The van der Waals surface area contributed by atoms with Gasteiger partial charge in [0.2, 0.25) is 0 Å². The molecular formula is C15H18ClN3. The lowest BCUT2D eigenvalue weighted by Crippen LogP contribution is -2.34. The first-order valence-electron chi connectivity index (χ1n) is 6.25. The molecule has 1 unspecified atom stereocenters. The van der Waals surface area contributed by atoms with Crippen LogP contribution in [0.1, 0.15) is 23.9 Å². The molecule has 0 aliphatic carbocycles. The molecule has 0 radical (unpaired) electrons. The molecule has 0 bridgehead atoms. The number of hydrogen-bond acceptors (Lipinski definition) is 3. The van der Waals surface area contributed by atoms with Gasteiger partial charge in [-0.3, -0.25) is 4.98 Å². The molecule has 1 atom stereocenters. The Morgan fingerprint density at radius 1 is 1.16 bits per heavy atom. The van der Waals surface area contributed by atoms with Crippen LogP contribution in [0, 0.1) is 13.8 Å². The molecule has 1 aromatic heterocycles. The lowest BCUT2D eigenvalue weighted by Gasteiger charge is -2.29. The highest BCUT2D eigenvalue weighted by molar-refractivity contribution is 6.18. The topological polar surface area (TPSA) is 37.8 Å². The van der Waals surface area contributed by atoms with Gasteiger partial charge >= 0.3 is 0 Å². The van der Waals surface area contributed by atoms with Gasteiger partial charge in [0, 0.05) is 5.88 Å². The van der Waals surface area contributed by atoms with Gasteiger partial charge < -0.3 is 5.32 Å². The molecule has 1 N–H and O–H groups in total. The molecule has 0 spiro atoms. The van der Waals surface area contributed by atoms with Crippen molar-refractivity contribution in [2.24, 2.45) is 0 Å². The van der Waals surface area contributed by atoms with Crippen LogP contribution in [0.4, 0.5) is 5.82 Å². The molecule has 0 saturated carbocycles. The van der Waals surface area contributed by atoms with Gasteiger partial charge in [0.05, 0.1) is 23.1 Å². The van der Waals surface area contributed by atoms with Crippen molar-refractivity contribution in [1.82, 2.24) is 9.97 Å². The van der Waals surface area contributed by atoms with E-state index in [4.69, 9.17) is 11.6 Å². The summed E-state index contributed by atoms with van der Waals surface area (Å²) < 4.78 is 0. The third-order valence-corrected chi connectivity index (χ3v) is 3.81. The number of rotatable bonds is 4. The quantitative estimate of drug-likeness (QED) is 0.866. The fourth-order valence-electron chi connectivity index (χ4n) is 1.87. The van der Waals surface area contributed by atoms with Gasteiger partial charge in [-0.15, -0.1) is 11.6 Å². The predicted molar refractivity (Wildman–Crippen MR) is 79.6 cm³/mol. The van der Waals surface area contributed by atoms with Crippen LogP contribution < -0.4 is 5.32 Å². The fourth-order valence-corrected chi connectivity index (χ4v) is 2.09. The normalized spacial score (nSPS) is 13.9. The minimum absolute atomic E-state index is 0.362. The largest absolute Gasteiger partial charge is 0.358 e. The number of aryl methyl sites for hydroxylation is 2. The zero-order valence-electron chi connectivity index (χ0n) is 11.4. The molecular weight excluding hydrogens is 258 g/mol. The average Bonchev–Trinajstić information content (AvgIpc) is 2.44. The van der Waals surface area contributed by atoms with Crippen molar-refractivity contribution in [3.8, 4) is 0 Å². The third-order valence-electron chi connectivity index (χ3n) is 3.27. The second kappa shape index (κ2) is 5.57. The first kappa shape index (κ1) is 13.8. The number of hydrogen-bond donors (Lipinski definition) is 1. The van der Waals surface area contributed by atoms with E-state index in [1.54, 1.807) is 6.20 Å². The van der Waals surface area contributed by atoms with Crippen molar-refractivity contribution in [2.75, 3.05) is 11.2 Å². The summed E-state index contributed by atoms with van der Waals surface area (Å²) in [6, 6.07) is 10.1. The highest BCUT2D eigenvalue weighted by atomic mass is 35.5. The standard InChI is InChI=1S/C15H18ClN3/c1-11-12(2)18-14(9-17-11)19-15(3,10-16)13-7-5-4-6-8-13/h4-9H,10H2,1-3H3,(H,18,19). The molecule has 0 amide bonds. The minimum Gasteiger partial charge on any atom is -0.358 e. The van der Waals surface area contributed by atoms with Crippen LogP contribution in [0.2, 0.25) is 0 Å². The Morgan fingerprint density at radius 2 is 1.84 bits per heavy atom. The lowest BCUT2D eigenvalue weighted by molar-refractivity contribution is 0.612. The number of nitrogens with zero attached hydrogens (tertiary/aromatic N) is 2. The SMILES string of the molecule is Cc1ncc(NC(C)(CCl)c2ccccc2)nc1C. The van der Waals surface area contributed by atoms with Gasteiger partial charge in [-0.2, -0.15) is 0 Å². The molecule has 0 aliphatic heterocycles. The van der Waals surface area contributed by atoms with Gasteiger partial charge in [0.1, 0.15) is 5.82 Å². The Kier molecular flexibility index (Phi) is 4.05. The molecule has 0 aliphatic rings. The smallest absolute Gasteiger partial charge is 0.145 e. The summed E-state index contributed by atoms with van der Waals surface area (Å²) >= 11 is 6.15. The van der Waals surface area contributed by atoms with Crippen LogP contribution >= 0.6 is 11.6 Å². The summed E-state index contributed by atoms with van der Waals surface area (Å²) in [6.45, 7) is 5.96. The first-order valence-corrected chi connectivity index (χ1v) is 6.78. The number of aromatic nitrogens is 2. The van der Waals surface area contributed by atoms with Crippen LogP contribution in [0.5, 0.6) is 0 Å². The zero-order valence-corrected chi connectivity index (χ0v) is 12.2. The number of anilines is 1. The van der Waals surface area contributed by atoms with E-state index < -0.39 is 0 Å². The van der Waals surface area contributed by atoms with Crippen LogP contribution in [0.3, 0.4) is 0 Å². The highest BCUT2D eigenvalue weighted by Crippen LogP contribution is 2.26. The molecule has 1 aromatic carbocycles. The number of benzene rings is 1. The van der Waals surface area contributed by atoms with E-state index in [-0.39, 0.29) is 5.54 Å². The van der Waals surface area contributed by atoms with Gasteiger partial charge in [-0.25, -0.2) is 4.98 Å². The zero-order chi connectivity index (χ0) is 13.9. The maximum Gasteiger partial charge on any atom is 0.145 e. The van der Waals surface area contributed by atoms with Crippen molar-refractivity contribution in [3.05, 3.63) is 53.5 Å². The number of nitrogens with one attached hydrogen (secondary N) is 1. The van der Waals surface area contributed by atoms with Gasteiger partial charge in [0.15, 0.2) is 0 Å². The number of halogens is 1. The molecule has 2 rings (SSSR count). The summed E-state index contributed by atoms with van der Waals surface area (Å²) in [7, 11) is 0. The van der Waals surface area contributed by atoms with Crippen molar-refractivity contribution in [1.29, 1.82) is 0 Å². The van der Waals surface area contributed by atoms with E-state index in [0.717, 1.165) is 22.8 Å². The van der Waals surface area contributed by atoms with Gasteiger partial charge in [-0.1, -0.05) is 30.3 Å². The van der Waals surface area contributed by atoms with Crippen LogP contribution in [-0.2, 0) is 5.54 Å². The molecule has 19 heavy (non-hydrogen) atoms. The molecule has 100 valence electrons. The Hall–Kier alpha value is -1.61. The lowest BCUT2D eigenvalue weighted by atomic mass is 9.94. The Bertz CT molecular complexity index is 557. The third kappa shape index (κ3) is 3.04. The van der Waals surface area contributed by atoms with E-state index in [2.05, 4.69) is 34.3 Å². The average molecular weight is 276 g/mol. The van der Waals surface area contributed by atoms with Crippen molar-refractivity contribution in [2.45, 2.75) is 26.3 Å². The molecule has 1 heterocycles. The minimum atomic E-state index is -0.362. The number of alkyl halides is 1. The molecule has 2 aromatic rings. The Balaban J connectivity index is 2.30. The van der Waals surface area contributed by atoms with Gasteiger partial charge in [0.25, 0.3) is 0 Å². The molecule has 4 heteroatoms.